The summed E-state index contributed by atoms with van der Waals surface area (Å²) in [6.45, 7) is 0.905. The van der Waals surface area contributed by atoms with Crippen molar-refractivity contribution in [1.82, 2.24) is 9.88 Å². The monoisotopic (exact) mass is 233 g/mol. The van der Waals surface area contributed by atoms with Gasteiger partial charge in [-0.15, -0.1) is 0 Å². The van der Waals surface area contributed by atoms with Crippen LogP contribution in [0.5, 0.6) is 0 Å². The first-order valence-corrected chi connectivity index (χ1v) is 6.58. The van der Waals surface area contributed by atoms with Crippen LogP contribution < -0.4 is 0 Å². The molecule has 0 amide bonds. The van der Waals surface area contributed by atoms with Crippen molar-refractivity contribution in [2.45, 2.75) is 19.0 Å². The van der Waals surface area contributed by atoms with E-state index < -0.39 is 0 Å². The molecule has 0 aliphatic carbocycles. The highest BCUT2D eigenvalue weighted by molar-refractivity contribution is 7.99. The van der Waals surface area contributed by atoms with Crippen LogP contribution in [0.15, 0.2) is 18.3 Å². The highest BCUT2D eigenvalue weighted by Crippen LogP contribution is 2.22. The SMILES string of the molecule is CN(Cc1ccnc(C#N)c1)C1CCSC1. The summed E-state index contributed by atoms with van der Waals surface area (Å²) in [5, 5.41) is 8.78. The first-order valence-electron chi connectivity index (χ1n) is 5.42. The lowest BCUT2D eigenvalue weighted by Crippen LogP contribution is -2.30. The maximum Gasteiger partial charge on any atom is 0.140 e. The zero-order chi connectivity index (χ0) is 11.4. The number of hydrogen-bond donors (Lipinski definition) is 0. The van der Waals surface area contributed by atoms with Crippen molar-refractivity contribution in [2.24, 2.45) is 0 Å². The lowest BCUT2D eigenvalue weighted by atomic mass is 10.2. The normalized spacial score (nSPS) is 19.9. The van der Waals surface area contributed by atoms with Crippen LogP contribution in [-0.4, -0.2) is 34.5 Å². The molecule has 3 nitrogen and oxygen atoms in total. The van der Waals surface area contributed by atoms with Gasteiger partial charge in [-0.05, 0) is 36.9 Å². The van der Waals surface area contributed by atoms with Crippen molar-refractivity contribution in [3.8, 4) is 6.07 Å². The molecule has 4 heteroatoms. The average Bonchev–Trinajstić information content (AvgIpc) is 2.83. The largest absolute Gasteiger partial charge is 0.298 e. The van der Waals surface area contributed by atoms with Crippen LogP contribution in [0.2, 0.25) is 0 Å². The third-order valence-electron chi connectivity index (χ3n) is 2.90. The van der Waals surface area contributed by atoms with Crippen LogP contribution in [0.3, 0.4) is 0 Å². The van der Waals surface area contributed by atoms with Gasteiger partial charge < -0.3 is 0 Å². The molecule has 16 heavy (non-hydrogen) atoms. The molecule has 1 fully saturated rings. The van der Waals surface area contributed by atoms with E-state index in [0.717, 1.165) is 6.54 Å². The Morgan fingerprint density at radius 1 is 1.69 bits per heavy atom. The number of hydrogen-bond acceptors (Lipinski definition) is 4. The van der Waals surface area contributed by atoms with Gasteiger partial charge in [-0.25, -0.2) is 4.98 Å². The van der Waals surface area contributed by atoms with Crippen LogP contribution in [0.1, 0.15) is 17.7 Å². The van der Waals surface area contributed by atoms with Gasteiger partial charge in [-0.1, -0.05) is 0 Å². The minimum atomic E-state index is 0.506. The molecule has 1 atom stereocenters. The first-order chi connectivity index (χ1) is 7.79. The molecule has 1 aromatic heterocycles. The fraction of sp³-hybridized carbons (Fsp3) is 0.500. The summed E-state index contributed by atoms with van der Waals surface area (Å²) in [5.74, 6) is 2.50. The average molecular weight is 233 g/mol. The molecule has 1 unspecified atom stereocenters. The zero-order valence-corrected chi connectivity index (χ0v) is 10.2. The number of rotatable bonds is 3. The Hall–Kier alpha value is -1.05. The second kappa shape index (κ2) is 5.33. The molecule has 0 aromatic carbocycles. The molecule has 0 spiro atoms. The van der Waals surface area contributed by atoms with E-state index in [0.29, 0.717) is 11.7 Å². The lowest BCUT2D eigenvalue weighted by Gasteiger charge is -2.23. The van der Waals surface area contributed by atoms with Crippen LogP contribution in [0.25, 0.3) is 0 Å². The fourth-order valence-corrected chi connectivity index (χ4v) is 3.22. The summed E-state index contributed by atoms with van der Waals surface area (Å²) in [4.78, 5) is 6.35. The summed E-state index contributed by atoms with van der Waals surface area (Å²) in [6, 6.07) is 6.62. The quantitative estimate of drug-likeness (QED) is 0.799. The third-order valence-corrected chi connectivity index (χ3v) is 4.04. The van der Waals surface area contributed by atoms with Gasteiger partial charge in [0.2, 0.25) is 0 Å². The molecule has 0 N–H and O–H groups in total. The lowest BCUT2D eigenvalue weighted by molar-refractivity contribution is 0.254. The Bertz CT molecular complexity index is 393. The number of aromatic nitrogens is 1. The Balaban J connectivity index is 2.00. The van der Waals surface area contributed by atoms with E-state index in [1.807, 2.05) is 23.9 Å². The summed E-state index contributed by atoms with van der Waals surface area (Å²) in [6.07, 6.45) is 2.99. The van der Waals surface area contributed by atoms with Crippen molar-refractivity contribution in [3.63, 3.8) is 0 Å². The summed E-state index contributed by atoms with van der Waals surface area (Å²) >= 11 is 2.02. The first kappa shape index (κ1) is 11.4. The van der Waals surface area contributed by atoms with E-state index in [2.05, 4.69) is 23.0 Å². The van der Waals surface area contributed by atoms with Crippen LogP contribution >= 0.6 is 11.8 Å². The van der Waals surface area contributed by atoms with E-state index in [9.17, 15) is 0 Å². The minimum absolute atomic E-state index is 0.506. The van der Waals surface area contributed by atoms with Gasteiger partial charge >= 0.3 is 0 Å². The topological polar surface area (TPSA) is 39.9 Å². The molecule has 0 saturated carbocycles. The second-order valence-electron chi connectivity index (χ2n) is 4.09. The Morgan fingerprint density at radius 3 is 3.25 bits per heavy atom. The summed E-state index contributed by atoms with van der Waals surface area (Å²) in [5.41, 5.74) is 1.68. The van der Waals surface area contributed by atoms with Gasteiger partial charge in [-0.2, -0.15) is 17.0 Å². The third kappa shape index (κ3) is 2.75. The van der Waals surface area contributed by atoms with E-state index in [4.69, 9.17) is 5.26 Å². The van der Waals surface area contributed by atoms with Crippen molar-refractivity contribution >= 4 is 11.8 Å². The molecular weight excluding hydrogens is 218 g/mol. The maximum absolute atomic E-state index is 8.78. The predicted octanol–water partition coefficient (Wildman–Crippen LogP) is 1.89. The molecule has 1 aromatic rings. The second-order valence-corrected chi connectivity index (χ2v) is 5.24. The zero-order valence-electron chi connectivity index (χ0n) is 9.39. The molecule has 2 rings (SSSR count). The molecular formula is C12H15N3S. The van der Waals surface area contributed by atoms with Gasteiger partial charge in [0.15, 0.2) is 0 Å². The Morgan fingerprint density at radius 2 is 2.56 bits per heavy atom. The molecule has 2 heterocycles. The highest BCUT2D eigenvalue weighted by Gasteiger charge is 2.19. The van der Waals surface area contributed by atoms with Gasteiger partial charge in [0.05, 0.1) is 0 Å². The van der Waals surface area contributed by atoms with Crippen molar-refractivity contribution < 1.29 is 0 Å². The van der Waals surface area contributed by atoms with Gasteiger partial charge in [0.25, 0.3) is 0 Å². The summed E-state index contributed by atoms with van der Waals surface area (Å²) < 4.78 is 0. The fourth-order valence-electron chi connectivity index (χ4n) is 1.92. The summed E-state index contributed by atoms with van der Waals surface area (Å²) in [7, 11) is 2.16. The van der Waals surface area contributed by atoms with Crippen molar-refractivity contribution in [2.75, 3.05) is 18.6 Å². The van der Waals surface area contributed by atoms with Crippen LogP contribution in [-0.2, 0) is 6.54 Å². The molecule has 84 valence electrons. The smallest absolute Gasteiger partial charge is 0.140 e. The van der Waals surface area contributed by atoms with E-state index >= 15 is 0 Å². The number of thioether (sulfide) groups is 1. The number of pyridine rings is 1. The van der Waals surface area contributed by atoms with E-state index in [-0.39, 0.29) is 0 Å². The van der Waals surface area contributed by atoms with Crippen LogP contribution in [0, 0.1) is 11.3 Å². The molecule has 0 radical (unpaired) electrons. The minimum Gasteiger partial charge on any atom is -0.298 e. The molecule has 1 saturated heterocycles. The van der Waals surface area contributed by atoms with Crippen molar-refractivity contribution in [3.05, 3.63) is 29.6 Å². The highest BCUT2D eigenvalue weighted by atomic mass is 32.2. The Kier molecular flexibility index (Phi) is 3.81. The Labute approximate surface area is 100 Å². The molecule has 1 aliphatic heterocycles. The molecule has 1 aliphatic rings. The van der Waals surface area contributed by atoms with Gasteiger partial charge in [-0.3, -0.25) is 4.90 Å². The van der Waals surface area contributed by atoms with Crippen LogP contribution in [0.4, 0.5) is 0 Å². The maximum atomic E-state index is 8.78. The van der Waals surface area contributed by atoms with Crippen molar-refractivity contribution in [1.29, 1.82) is 5.26 Å². The predicted molar refractivity (Wildman–Crippen MR) is 66.1 cm³/mol. The van der Waals surface area contributed by atoms with E-state index in [1.165, 1.54) is 23.5 Å². The number of nitrogens with zero attached hydrogens (tertiary/aromatic N) is 3. The number of nitriles is 1. The molecule has 0 bridgehead atoms. The van der Waals surface area contributed by atoms with E-state index in [1.54, 1.807) is 6.20 Å². The standard InChI is InChI=1S/C12H15N3S/c1-15(12-3-5-16-9-12)8-10-2-4-14-11(6-10)7-13/h2,4,6,12H,3,5,8-9H2,1H3. The van der Waals surface area contributed by atoms with Gasteiger partial charge in [0, 0.05) is 24.5 Å². The van der Waals surface area contributed by atoms with Gasteiger partial charge in [0.1, 0.15) is 11.8 Å².